The van der Waals surface area contributed by atoms with E-state index in [1.807, 2.05) is 166 Å². The largest absolute Gasteiger partial charge is 0.378 e. The molecule has 0 aromatic heterocycles. The molecule has 2 N–H and O–H groups in total. The lowest BCUT2D eigenvalue weighted by atomic mass is 9.71. The quantitative estimate of drug-likeness (QED) is 0.183. The van der Waals surface area contributed by atoms with Crippen molar-refractivity contribution in [2.75, 3.05) is 0 Å². The molecule has 4 nitrogen and oxygen atoms in total. The normalized spacial score (nSPS) is 17.8. The molecule has 8 aromatic carbocycles. The van der Waals surface area contributed by atoms with E-state index in [9.17, 15) is 10.2 Å². The SMILES string of the molecule is CC.CC1OC(C(O)(c2ccc3ccccc3c2)c2ccc3ccccc3c2)[C@H](C(O)(c2ccc3ccccc3c2)c2ccc3ccccc3c2)O1. The lowest BCUT2D eigenvalue weighted by Gasteiger charge is -2.43. The maximum atomic E-state index is 13.5. The summed E-state index contributed by atoms with van der Waals surface area (Å²) in [5.41, 5.74) is -0.856. The molecule has 0 aliphatic carbocycles. The van der Waals surface area contributed by atoms with Gasteiger partial charge >= 0.3 is 0 Å². The first-order valence-corrected chi connectivity index (χ1v) is 18.1. The summed E-state index contributed by atoms with van der Waals surface area (Å²) in [6.45, 7) is 5.83. The van der Waals surface area contributed by atoms with Crippen molar-refractivity contribution in [1.29, 1.82) is 0 Å². The Morgan fingerprint density at radius 3 is 0.846 bits per heavy atom. The first-order valence-electron chi connectivity index (χ1n) is 18.1. The molecular weight excluding hydrogens is 641 g/mol. The Morgan fingerprint density at radius 2 is 0.596 bits per heavy atom. The molecule has 4 heteroatoms. The van der Waals surface area contributed by atoms with Crippen LogP contribution in [0, 0.1) is 0 Å². The number of hydrogen-bond acceptors (Lipinski definition) is 4. The van der Waals surface area contributed by atoms with Crippen LogP contribution in [0.4, 0.5) is 0 Å². The predicted octanol–water partition coefficient (Wildman–Crippen LogP) is 10.6. The topological polar surface area (TPSA) is 58.9 Å². The van der Waals surface area contributed by atoms with Gasteiger partial charge in [0.05, 0.1) is 0 Å². The number of benzene rings is 8. The first kappa shape index (κ1) is 33.8. The molecule has 2 unspecified atom stereocenters. The van der Waals surface area contributed by atoms with E-state index in [4.69, 9.17) is 9.47 Å². The summed E-state index contributed by atoms with van der Waals surface area (Å²) < 4.78 is 13.4. The van der Waals surface area contributed by atoms with E-state index in [0.29, 0.717) is 22.3 Å². The van der Waals surface area contributed by atoms with Gasteiger partial charge in [-0.1, -0.05) is 159 Å². The Labute approximate surface area is 304 Å². The fraction of sp³-hybridized carbons (Fsp3) is 0.167. The Morgan fingerprint density at radius 1 is 0.365 bits per heavy atom. The van der Waals surface area contributed by atoms with Crippen molar-refractivity contribution in [3.05, 3.63) is 192 Å². The maximum Gasteiger partial charge on any atom is 0.156 e. The monoisotopic (exact) mass is 682 g/mol. The molecule has 1 saturated heterocycles. The first-order chi connectivity index (χ1) is 25.4. The molecule has 0 radical (unpaired) electrons. The zero-order valence-corrected chi connectivity index (χ0v) is 29.6. The van der Waals surface area contributed by atoms with Gasteiger partial charge in [0.15, 0.2) is 6.29 Å². The molecule has 1 heterocycles. The highest BCUT2D eigenvalue weighted by molar-refractivity contribution is 5.87. The smallest absolute Gasteiger partial charge is 0.156 e. The third kappa shape index (κ3) is 5.65. The van der Waals surface area contributed by atoms with Gasteiger partial charge in [-0.3, -0.25) is 0 Å². The highest BCUT2D eigenvalue weighted by atomic mass is 16.7. The van der Waals surface area contributed by atoms with E-state index in [1.54, 1.807) is 0 Å². The highest BCUT2D eigenvalue weighted by Crippen LogP contribution is 2.49. The van der Waals surface area contributed by atoms with Gasteiger partial charge in [0.25, 0.3) is 0 Å². The number of aliphatic hydroxyl groups is 2. The Bertz CT molecular complexity index is 2200. The van der Waals surface area contributed by atoms with Crippen LogP contribution in [0.15, 0.2) is 170 Å². The molecule has 0 spiro atoms. The lowest BCUT2D eigenvalue weighted by Crippen LogP contribution is -2.55. The van der Waals surface area contributed by atoms with Crippen LogP contribution in [0.3, 0.4) is 0 Å². The van der Waals surface area contributed by atoms with E-state index >= 15 is 0 Å². The average Bonchev–Trinajstić information content (AvgIpc) is 3.62. The minimum absolute atomic E-state index is 0.651. The predicted molar refractivity (Wildman–Crippen MR) is 212 cm³/mol. The van der Waals surface area contributed by atoms with E-state index in [-0.39, 0.29) is 0 Å². The van der Waals surface area contributed by atoms with Gasteiger partial charge in [0, 0.05) is 0 Å². The van der Waals surface area contributed by atoms with Crippen molar-refractivity contribution >= 4 is 43.1 Å². The lowest BCUT2D eigenvalue weighted by molar-refractivity contribution is -0.110. The van der Waals surface area contributed by atoms with Crippen LogP contribution in [0.25, 0.3) is 43.1 Å². The number of hydrogen-bond donors (Lipinski definition) is 2. The molecule has 1 aliphatic rings. The fourth-order valence-corrected chi connectivity index (χ4v) is 7.92. The molecule has 0 bridgehead atoms. The second-order valence-corrected chi connectivity index (χ2v) is 13.5. The zero-order valence-electron chi connectivity index (χ0n) is 29.6. The molecule has 1 aliphatic heterocycles. The molecule has 0 amide bonds. The fourth-order valence-electron chi connectivity index (χ4n) is 7.92. The Kier molecular flexibility index (Phi) is 8.86. The highest BCUT2D eigenvalue weighted by Gasteiger charge is 2.59. The van der Waals surface area contributed by atoms with Crippen molar-refractivity contribution < 1.29 is 19.7 Å². The molecular formula is C48H42O4. The average molecular weight is 683 g/mol. The molecule has 9 rings (SSSR count). The molecule has 8 aromatic rings. The van der Waals surface area contributed by atoms with Crippen LogP contribution in [-0.4, -0.2) is 28.7 Å². The zero-order chi connectivity index (χ0) is 35.9. The van der Waals surface area contributed by atoms with E-state index < -0.39 is 29.7 Å². The number of ether oxygens (including phenoxy) is 2. The third-order valence-corrected chi connectivity index (χ3v) is 10.5. The van der Waals surface area contributed by atoms with Crippen LogP contribution in [-0.2, 0) is 20.7 Å². The summed E-state index contributed by atoms with van der Waals surface area (Å²) in [5, 5.41) is 35.3. The Hall–Kier alpha value is -5.36. The van der Waals surface area contributed by atoms with E-state index in [1.165, 1.54) is 0 Å². The van der Waals surface area contributed by atoms with Gasteiger partial charge < -0.3 is 19.7 Å². The summed E-state index contributed by atoms with van der Waals surface area (Å²) in [4.78, 5) is 0. The second kappa shape index (κ2) is 13.6. The number of fused-ring (bicyclic) bond motifs is 4. The van der Waals surface area contributed by atoms with Crippen molar-refractivity contribution in [1.82, 2.24) is 0 Å². The molecule has 258 valence electrons. The van der Waals surface area contributed by atoms with Crippen molar-refractivity contribution in [2.24, 2.45) is 0 Å². The van der Waals surface area contributed by atoms with Crippen LogP contribution in [0.1, 0.15) is 43.0 Å². The molecule has 52 heavy (non-hydrogen) atoms. The summed E-state index contributed by atoms with van der Waals surface area (Å²) >= 11 is 0. The maximum absolute atomic E-state index is 13.5. The van der Waals surface area contributed by atoms with E-state index in [2.05, 4.69) is 24.3 Å². The molecule has 3 atom stereocenters. The van der Waals surface area contributed by atoms with Crippen molar-refractivity contribution in [3.63, 3.8) is 0 Å². The standard InChI is InChI=1S/C46H36O4.C2H6/c1-30-49-43(45(47,39-22-18-31-10-2-6-14-35(31)26-39)40-23-19-32-11-3-7-15-36(32)27-40)44(50-30)46(48,41-24-20-33-12-4-8-16-37(33)28-41)42-25-21-34-13-5-9-17-38(34)29-42;1-2/h2-30,43-44,47-48H,1H3;1-2H3/t30?,43-,44?;/m1./s1. The second-order valence-electron chi connectivity index (χ2n) is 13.5. The van der Waals surface area contributed by atoms with Gasteiger partial charge in [-0.05, 0) is 96.5 Å². The number of rotatable bonds is 6. The van der Waals surface area contributed by atoms with Gasteiger partial charge in [0.2, 0.25) is 0 Å². The summed E-state index contributed by atoms with van der Waals surface area (Å²) in [7, 11) is 0. The third-order valence-electron chi connectivity index (χ3n) is 10.5. The summed E-state index contributed by atoms with van der Waals surface area (Å²) in [5.74, 6) is 0. The molecule has 0 saturated carbocycles. The van der Waals surface area contributed by atoms with Crippen LogP contribution < -0.4 is 0 Å². The van der Waals surface area contributed by atoms with Crippen molar-refractivity contribution in [2.45, 2.75) is 50.5 Å². The van der Waals surface area contributed by atoms with E-state index in [0.717, 1.165) is 43.1 Å². The van der Waals surface area contributed by atoms with Crippen molar-refractivity contribution in [3.8, 4) is 0 Å². The van der Waals surface area contributed by atoms with Crippen LogP contribution >= 0.6 is 0 Å². The molecule has 1 fully saturated rings. The van der Waals surface area contributed by atoms with Gasteiger partial charge in [-0.2, -0.15) is 0 Å². The van der Waals surface area contributed by atoms with Gasteiger partial charge in [0.1, 0.15) is 23.4 Å². The minimum atomic E-state index is -1.73. The Balaban J connectivity index is 0.00000190. The van der Waals surface area contributed by atoms with Crippen LogP contribution in [0.2, 0.25) is 0 Å². The summed E-state index contributed by atoms with van der Waals surface area (Å²) in [6, 6.07) is 56.6. The van der Waals surface area contributed by atoms with Gasteiger partial charge in [-0.25, -0.2) is 0 Å². The summed E-state index contributed by atoms with van der Waals surface area (Å²) in [6.07, 6.45) is -2.77. The van der Waals surface area contributed by atoms with Gasteiger partial charge in [-0.15, -0.1) is 0 Å². The minimum Gasteiger partial charge on any atom is -0.378 e. The van der Waals surface area contributed by atoms with Crippen LogP contribution in [0.5, 0.6) is 0 Å².